The number of amides is 4. The summed E-state index contributed by atoms with van der Waals surface area (Å²) in [6, 6.07) is 34.1. The molecule has 42 heavy (non-hydrogen) atoms. The number of imide groups is 1. The van der Waals surface area contributed by atoms with Crippen LogP contribution in [0.3, 0.4) is 0 Å². The molecule has 0 unspecified atom stereocenters. The first-order valence-electron chi connectivity index (χ1n) is 13.4. The SMILES string of the molecule is O=C(N[C@H](Cc1ccccc1)C(=O)OCN1C(=O)NC(c2ccccc2)(c2ccccc2)C1=O)OCc1ccccc1. The third-order valence-electron chi connectivity index (χ3n) is 6.93. The summed E-state index contributed by atoms with van der Waals surface area (Å²) in [5.74, 6) is -1.42. The molecule has 4 amide bonds. The van der Waals surface area contributed by atoms with E-state index in [2.05, 4.69) is 10.6 Å². The van der Waals surface area contributed by atoms with Gasteiger partial charge in [-0.25, -0.2) is 19.3 Å². The van der Waals surface area contributed by atoms with Gasteiger partial charge in [0.1, 0.15) is 12.6 Å². The molecule has 0 bridgehead atoms. The molecule has 212 valence electrons. The fraction of sp³-hybridized carbons (Fsp3) is 0.152. The zero-order chi connectivity index (χ0) is 29.4. The molecule has 1 atom stereocenters. The van der Waals surface area contributed by atoms with E-state index in [1.807, 2.05) is 72.8 Å². The van der Waals surface area contributed by atoms with Crippen LogP contribution < -0.4 is 10.6 Å². The van der Waals surface area contributed by atoms with Crippen molar-refractivity contribution in [2.45, 2.75) is 24.6 Å². The Hall–Kier alpha value is -5.44. The lowest BCUT2D eigenvalue weighted by Crippen LogP contribution is -2.46. The van der Waals surface area contributed by atoms with Crippen molar-refractivity contribution in [2.24, 2.45) is 0 Å². The molecule has 0 aliphatic carbocycles. The molecule has 1 heterocycles. The van der Waals surface area contributed by atoms with Crippen LogP contribution in [0.25, 0.3) is 0 Å². The summed E-state index contributed by atoms with van der Waals surface area (Å²) in [6.45, 7) is -0.625. The first kappa shape index (κ1) is 28.1. The topological polar surface area (TPSA) is 114 Å². The Morgan fingerprint density at radius 1 is 0.714 bits per heavy atom. The van der Waals surface area contributed by atoms with Crippen LogP contribution in [-0.2, 0) is 37.6 Å². The van der Waals surface area contributed by atoms with E-state index in [0.29, 0.717) is 11.1 Å². The van der Waals surface area contributed by atoms with Gasteiger partial charge in [-0.05, 0) is 22.3 Å². The van der Waals surface area contributed by atoms with Gasteiger partial charge >= 0.3 is 18.1 Å². The van der Waals surface area contributed by atoms with Crippen LogP contribution in [0.1, 0.15) is 22.3 Å². The zero-order valence-electron chi connectivity index (χ0n) is 22.6. The van der Waals surface area contributed by atoms with Gasteiger partial charge in [-0.15, -0.1) is 0 Å². The van der Waals surface area contributed by atoms with Crippen molar-refractivity contribution in [3.63, 3.8) is 0 Å². The monoisotopic (exact) mass is 563 g/mol. The van der Waals surface area contributed by atoms with E-state index < -0.39 is 42.3 Å². The van der Waals surface area contributed by atoms with Crippen LogP contribution in [0.15, 0.2) is 121 Å². The van der Waals surface area contributed by atoms with E-state index in [1.165, 1.54) is 0 Å². The molecule has 0 saturated carbocycles. The molecule has 2 N–H and O–H groups in total. The van der Waals surface area contributed by atoms with Gasteiger partial charge in [0.25, 0.3) is 5.91 Å². The van der Waals surface area contributed by atoms with E-state index in [-0.39, 0.29) is 13.0 Å². The minimum atomic E-state index is -1.49. The highest BCUT2D eigenvalue weighted by atomic mass is 16.6. The predicted molar refractivity (Wildman–Crippen MR) is 154 cm³/mol. The van der Waals surface area contributed by atoms with Gasteiger partial charge in [0.2, 0.25) is 0 Å². The lowest BCUT2D eigenvalue weighted by atomic mass is 9.83. The highest BCUT2D eigenvalue weighted by Crippen LogP contribution is 2.35. The number of nitrogens with zero attached hydrogens (tertiary/aromatic N) is 1. The van der Waals surface area contributed by atoms with Crippen molar-refractivity contribution in [2.75, 3.05) is 6.73 Å². The van der Waals surface area contributed by atoms with Gasteiger partial charge in [-0.2, -0.15) is 0 Å². The maximum absolute atomic E-state index is 13.9. The largest absolute Gasteiger partial charge is 0.445 e. The van der Waals surface area contributed by atoms with Crippen LogP contribution >= 0.6 is 0 Å². The number of benzene rings is 4. The second-order valence-electron chi connectivity index (χ2n) is 9.69. The average molecular weight is 564 g/mol. The summed E-state index contributed by atoms with van der Waals surface area (Å²) < 4.78 is 10.8. The first-order valence-corrected chi connectivity index (χ1v) is 13.4. The molecule has 9 heteroatoms. The van der Waals surface area contributed by atoms with Gasteiger partial charge in [-0.3, -0.25) is 4.79 Å². The number of esters is 1. The number of hydrogen-bond acceptors (Lipinski definition) is 6. The van der Waals surface area contributed by atoms with Gasteiger partial charge in [0, 0.05) is 6.42 Å². The Morgan fingerprint density at radius 3 is 1.76 bits per heavy atom. The van der Waals surface area contributed by atoms with Gasteiger partial charge in [0.05, 0.1) is 0 Å². The Labute approximate surface area is 243 Å². The van der Waals surface area contributed by atoms with Crippen molar-refractivity contribution in [1.82, 2.24) is 15.5 Å². The molecular weight excluding hydrogens is 534 g/mol. The molecule has 5 rings (SSSR count). The van der Waals surface area contributed by atoms with E-state index in [4.69, 9.17) is 9.47 Å². The minimum Gasteiger partial charge on any atom is -0.445 e. The number of carbonyl (C=O) groups excluding carboxylic acids is 4. The summed E-state index contributed by atoms with van der Waals surface area (Å²) in [7, 11) is 0. The summed E-state index contributed by atoms with van der Waals surface area (Å²) in [4.78, 5) is 53.7. The van der Waals surface area contributed by atoms with Gasteiger partial charge in [-0.1, -0.05) is 121 Å². The molecule has 0 radical (unpaired) electrons. The van der Waals surface area contributed by atoms with Crippen molar-refractivity contribution in [3.05, 3.63) is 144 Å². The first-order chi connectivity index (χ1) is 20.5. The Morgan fingerprint density at radius 2 is 1.21 bits per heavy atom. The Balaban J connectivity index is 1.31. The molecule has 1 fully saturated rings. The number of urea groups is 1. The van der Waals surface area contributed by atoms with Crippen LogP contribution in [-0.4, -0.2) is 41.7 Å². The summed E-state index contributed by atoms with van der Waals surface area (Å²) >= 11 is 0. The Kier molecular flexibility index (Phi) is 8.58. The fourth-order valence-corrected chi connectivity index (χ4v) is 4.81. The van der Waals surface area contributed by atoms with E-state index >= 15 is 0 Å². The van der Waals surface area contributed by atoms with Crippen LogP contribution in [0.2, 0.25) is 0 Å². The highest BCUT2D eigenvalue weighted by molar-refractivity contribution is 6.09. The summed E-state index contributed by atoms with van der Waals surface area (Å²) in [5.41, 5.74) is 1.19. The van der Waals surface area contributed by atoms with Crippen molar-refractivity contribution in [3.8, 4) is 0 Å². The normalized spacial score (nSPS) is 14.5. The third kappa shape index (κ3) is 6.15. The van der Waals surface area contributed by atoms with Crippen molar-refractivity contribution < 1.29 is 28.7 Å². The molecule has 1 aliphatic rings. The second-order valence-corrected chi connectivity index (χ2v) is 9.69. The van der Waals surface area contributed by atoms with Crippen molar-refractivity contribution in [1.29, 1.82) is 0 Å². The van der Waals surface area contributed by atoms with Crippen LogP contribution in [0.5, 0.6) is 0 Å². The number of ether oxygens (including phenoxy) is 2. The molecular formula is C33H29N3O6. The number of alkyl carbamates (subject to hydrolysis) is 1. The zero-order valence-corrected chi connectivity index (χ0v) is 22.6. The highest BCUT2D eigenvalue weighted by Gasteiger charge is 2.54. The molecule has 4 aromatic carbocycles. The van der Waals surface area contributed by atoms with E-state index in [9.17, 15) is 19.2 Å². The molecule has 0 aromatic heterocycles. The van der Waals surface area contributed by atoms with Gasteiger partial charge < -0.3 is 20.1 Å². The number of rotatable bonds is 10. The average Bonchev–Trinajstić information content (AvgIpc) is 3.30. The summed E-state index contributed by atoms with van der Waals surface area (Å²) in [5, 5.41) is 5.38. The van der Waals surface area contributed by atoms with E-state index in [1.54, 1.807) is 48.5 Å². The van der Waals surface area contributed by atoms with E-state index in [0.717, 1.165) is 16.0 Å². The molecule has 9 nitrogen and oxygen atoms in total. The quantitative estimate of drug-likeness (QED) is 0.217. The molecule has 4 aromatic rings. The van der Waals surface area contributed by atoms with Crippen LogP contribution in [0.4, 0.5) is 9.59 Å². The molecule has 1 saturated heterocycles. The van der Waals surface area contributed by atoms with Gasteiger partial charge in [0.15, 0.2) is 12.3 Å². The lowest BCUT2D eigenvalue weighted by Gasteiger charge is -2.28. The number of hydrogen-bond donors (Lipinski definition) is 2. The Bertz CT molecular complexity index is 1490. The predicted octanol–water partition coefficient (Wildman–Crippen LogP) is 4.52. The van der Waals surface area contributed by atoms with Crippen LogP contribution in [0, 0.1) is 0 Å². The second kappa shape index (κ2) is 12.8. The smallest absolute Gasteiger partial charge is 0.408 e. The fourth-order valence-electron chi connectivity index (χ4n) is 4.81. The minimum absolute atomic E-state index is 0.0171. The maximum Gasteiger partial charge on any atom is 0.408 e. The standard InChI is InChI=1S/C33H29N3O6/c37-29(28(21-24-13-5-1-6-14-24)34-32(40)41-22-25-15-7-2-8-16-25)42-23-36-30(38)33(35-31(36)39,26-17-9-3-10-18-26)27-19-11-4-12-20-27/h1-20,28H,21-23H2,(H,34,40)(H,35,39)/t28-/m1/s1. The summed E-state index contributed by atoms with van der Waals surface area (Å²) in [6.07, 6.45) is -0.697. The lowest BCUT2D eigenvalue weighted by molar-refractivity contribution is -0.152. The third-order valence-corrected chi connectivity index (χ3v) is 6.93. The molecule has 0 spiro atoms. The van der Waals surface area contributed by atoms with Crippen molar-refractivity contribution >= 4 is 24.0 Å². The molecule has 1 aliphatic heterocycles. The number of carbonyl (C=O) groups is 4. The number of nitrogens with one attached hydrogen (secondary N) is 2. The maximum atomic E-state index is 13.9.